The van der Waals surface area contributed by atoms with Crippen LogP contribution in [0.1, 0.15) is 11.6 Å². The van der Waals surface area contributed by atoms with Gasteiger partial charge in [-0.3, -0.25) is 9.89 Å². The molecule has 6 nitrogen and oxygen atoms in total. The number of benzene rings is 2. The molecule has 8 heteroatoms. The average Bonchev–Trinajstić information content (AvgIpc) is 3.16. The minimum absolute atomic E-state index is 0.139. The summed E-state index contributed by atoms with van der Waals surface area (Å²) in [6, 6.07) is 6.82. The van der Waals surface area contributed by atoms with Crippen LogP contribution in [0.4, 0.5) is 14.5 Å². The predicted octanol–water partition coefficient (Wildman–Crippen LogP) is 3.00. The number of anilines is 1. The Morgan fingerprint density at radius 3 is 2.62 bits per heavy atom. The minimum atomic E-state index is -1.04. The summed E-state index contributed by atoms with van der Waals surface area (Å²) in [6.45, 7) is 0. The molecule has 3 aromatic rings. The van der Waals surface area contributed by atoms with Crippen molar-refractivity contribution in [3.63, 3.8) is 0 Å². The fourth-order valence-corrected chi connectivity index (χ4v) is 2.47. The van der Waals surface area contributed by atoms with Crippen molar-refractivity contribution in [3.8, 4) is 16.9 Å². The van der Waals surface area contributed by atoms with Crippen LogP contribution in [0.5, 0.6) is 5.75 Å². The maximum atomic E-state index is 14.4. The Bertz CT molecular complexity index is 912. The number of carbonyl (C=O) groups is 1. The highest BCUT2D eigenvalue weighted by molar-refractivity contribution is 5.97. The third-order valence-corrected chi connectivity index (χ3v) is 3.87. The molecule has 134 valence electrons. The number of rotatable bonds is 5. The number of nitrogens with zero attached hydrogens (tertiary/aromatic N) is 1. The largest absolute Gasteiger partial charge is 0.495 e. The second-order valence-corrected chi connectivity index (χ2v) is 5.54. The van der Waals surface area contributed by atoms with E-state index in [2.05, 4.69) is 15.5 Å². The number of nitrogens with two attached hydrogens (primary N) is 1. The van der Waals surface area contributed by atoms with Gasteiger partial charge in [-0.25, -0.2) is 8.78 Å². The molecule has 0 aliphatic heterocycles. The molecule has 0 aliphatic rings. The third kappa shape index (κ3) is 3.55. The van der Waals surface area contributed by atoms with E-state index in [-0.39, 0.29) is 17.0 Å². The first-order valence-corrected chi connectivity index (χ1v) is 7.68. The van der Waals surface area contributed by atoms with E-state index in [4.69, 9.17) is 10.5 Å². The smallest absolute Gasteiger partial charge is 0.245 e. The molecule has 26 heavy (non-hydrogen) atoms. The molecule has 1 atom stereocenters. The molecule has 1 amide bonds. The molecule has 1 aromatic heterocycles. The number of methoxy groups -OCH3 is 1. The lowest BCUT2D eigenvalue weighted by Gasteiger charge is -2.16. The highest BCUT2D eigenvalue weighted by atomic mass is 19.1. The summed E-state index contributed by atoms with van der Waals surface area (Å²) < 4.78 is 32.7. The van der Waals surface area contributed by atoms with Gasteiger partial charge in [-0.05, 0) is 23.8 Å². The first-order valence-electron chi connectivity index (χ1n) is 7.68. The summed E-state index contributed by atoms with van der Waals surface area (Å²) in [5, 5.41) is 8.93. The Kier molecular flexibility index (Phi) is 4.94. The monoisotopic (exact) mass is 358 g/mol. The molecule has 0 bridgehead atoms. The van der Waals surface area contributed by atoms with Crippen LogP contribution < -0.4 is 15.8 Å². The molecular weight excluding hydrogens is 342 g/mol. The first kappa shape index (κ1) is 17.6. The number of H-pyrrole nitrogens is 1. The van der Waals surface area contributed by atoms with E-state index < -0.39 is 23.6 Å². The number of hydrogen-bond donors (Lipinski definition) is 3. The molecule has 0 radical (unpaired) electrons. The van der Waals surface area contributed by atoms with Crippen LogP contribution in [-0.4, -0.2) is 23.2 Å². The summed E-state index contributed by atoms with van der Waals surface area (Å²) >= 11 is 0. The van der Waals surface area contributed by atoms with Gasteiger partial charge in [0.2, 0.25) is 5.91 Å². The average molecular weight is 358 g/mol. The lowest BCUT2D eigenvalue weighted by Crippen LogP contribution is -2.28. The first-order chi connectivity index (χ1) is 12.5. The summed E-state index contributed by atoms with van der Waals surface area (Å²) in [4.78, 5) is 12.4. The van der Waals surface area contributed by atoms with Gasteiger partial charge in [0, 0.05) is 23.4 Å². The predicted molar refractivity (Wildman–Crippen MR) is 92.5 cm³/mol. The van der Waals surface area contributed by atoms with Crippen molar-refractivity contribution in [2.45, 2.75) is 6.04 Å². The number of nitrogens with one attached hydrogen (secondary N) is 2. The number of halogens is 2. The molecule has 0 spiro atoms. The van der Waals surface area contributed by atoms with Crippen LogP contribution in [0.2, 0.25) is 0 Å². The molecule has 0 aliphatic carbocycles. The Morgan fingerprint density at radius 2 is 2.00 bits per heavy atom. The lowest BCUT2D eigenvalue weighted by atomic mass is 10.1. The molecule has 2 aromatic carbocycles. The quantitative estimate of drug-likeness (QED) is 0.654. The standard InChI is InChI=1S/C18H16F2N4O2/c1-26-16-6-13(11-8-22-23-9-11)14(20)7-15(16)24-18(25)17(21)10-2-4-12(19)5-3-10/h2-9,17H,21H2,1H3,(H,22,23)(H,24,25)/t17-/m1/s1. The van der Waals surface area contributed by atoms with E-state index >= 15 is 0 Å². The van der Waals surface area contributed by atoms with E-state index in [0.717, 1.165) is 6.07 Å². The van der Waals surface area contributed by atoms with Crippen LogP contribution in [0.25, 0.3) is 11.1 Å². The van der Waals surface area contributed by atoms with Gasteiger partial charge in [0.1, 0.15) is 23.4 Å². The summed E-state index contributed by atoms with van der Waals surface area (Å²) in [6.07, 6.45) is 3.01. The van der Waals surface area contributed by atoms with Crippen LogP contribution in [-0.2, 0) is 4.79 Å². The minimum Gasteiger partial charge on any atom is -0.495 e. The van der Waals surface area contributed by atoms with Crippen molar-refractivity contribution >= 4 is 11.6 Å². The van der Waals surface area contributed by atoms with Gasteiger partial charge in [-0.1, -0.05) is 12.1 Å². The summed E-state index contributed by atoms with van der Waals surface area (Å²) in [7, 11) is 1.40. The van der Waals surface area contributed by atoms with Gasteiger partial charge in [-0.2, -0.15) is 5.10 Å². The zero-order chi connectivity index (χ0) is 18.7. The van der Waals surface area contributed by atoms with Crippen molar-refractivity contribution in [2.75, 3.05) is 12.4 Å². The zero-order valence-corrected chi connectivity index (χ0v) is 13.8. The van der Waals surface area contributed by atoms with Gasteiger partial charge >= 0.3 is 0 Å². The molecule has 0 saturated heterocycles. The van der Waals surface area contributed by atoms with E-state index in [1.54, 1.807) is 6.20 Å². The second kappa shape index (κ2) is 7.32. The summed E-state index contributed by atoms with van der Waals surface area (Å²) in [5.74, 6) is -1.30. The number of aromatic nitrogens is 2. The SMILES string of the molecule is COc1cc(-c2cn[nH]c2)c(F)cc1NC(=O)[C@H](N)c1ccc(F)cc1. The van der Waals surface area contributed by atoms with E-state index in [1.165, 1.54) is 43.6 Å². The van der Waals surface area contributed by atoms with Crippen LogP contribution >= 0.6 is 0 Å². The fourth-order valence-electron chi connectivity index (χ4n) is 2.47. The fraction of sp³-hybridized carbons (Fsp3) is 0.111. The van der Waals surface area contributed by atoms with E-state index in [9.17, 15) is 13.6 Å². The van der Waals surface area contributed by atoms with Crippen LogP contribution in [0, 0.1) is 11.6 Å². The molecule has 3 rings (SSSR count). The summed E-state index contributed by atoms with van der Waals surface area (Å²) in [5.41, 5.74) is 7.28. The Hall–Kier alpha value is -3.26. The van der Waals surface area contributed by atoms with Gasteiger partial charge in [-0.15, -0.1) is 0 Å². The van der Waals surface area contributed by atoms with Crippen LogP contribution in [0.3, 0.4) is 0 Å². The number of amides is 1. The van der Waals surface area contributed by atoms with Crippen molar-refractivity contribution in [1.82, 2.24) is 10.2 Å². The number of hydrogen-bond acceptors (Lipinski definition) is 4. The number of aromatic amines is 1. The van der Waals surface area contributed by atoms with Crippen molar-refractivity contribution in [2.24, 2.45) is 5.73 Å². The maximum Gasteiger partial charge on any atom is 0.245 e. The van der Waals surface area contributed by atoms with Crippen LogP contribution in [0.15, 0.2) is 48.8 Å². The van der Waals surface area contributed by atoms with Crippen molar-refractivity contribution in [3.05, 3.63) is 66.0 Å². The molecule has 1 heterocycles. The Labute approximate surface area is 148 Å². The highest BCUT2D eigenvalue weighted by Gasteiger charge is 2.19. The second-order valence-electron chi connectivity index (χ2n) is 5.54. The Balaban J connectivity index is 1.86. The van der Waals surface area contributed by atoms with Gasteiger partial charge in [0.05, 0.1) is 19.0 Å². The molecular formula is C18H16F2N4O2. The van der Waals surface area contributed by atoms with E-state index in [1.807, 2.05) is 0 Å². The lowest BCUT2D eigenvalue weighted by molar-refractivity contribution is -0.117. The van der Waals surface area contributed by atoms with Crippen molar-refractivity contribution in [1.29, 1.82) is 0 Å². The zero-order valence-electron chi connectivity index (χ0n) is 13.8. The molecule has 0 saturated carbocycles. The highest BCUT2D eigenvalue weighted by Crippen LogP contribution is 2.33. The van der Waals surface area contributed by atoms with Gasteiger partial charge in [0.15, 0.2) is 0 Å². The van der Waals surface area contributed by atoms with Gasteiger partial charge < -0.3 is 15.8 Å². The third-order valence-electron chi connectivity index (χ3n) is 3.87. The maximum absolute atomic E-state index is 14.4. The molecule has 0 unspecified atom stereocenters. The number of ether oxygens (including phenoxy) is 1. The Morgan fingerprint density at radius 1 is 1.27 bits per heavy atom. The van der Waals surface area contributed by atoms with Crippen molar-refractivity contribution < 1.29 is 18.3 Å². The number of carbonyl (C=O) groups excluding carboxylic acids is 1. The topological polar surface area (TPSA) is 93.0 Å². The molecule has 4 N–H and O–H groups in total. The molecule has 0 fully saturated rings. The van der Waals surface area contributed by atoms with E-state index in [0.29, 0.717) is 11.1 Å². The normalized spacial score (nSPS) is 11.8. The van der Waals surface area contributed by atoms with Gasteiger partial charge in [0.25, 0.3) is 0 Å².